The highest BCUT2D eigenvalue weighted by Crippen LogP contribution is 2.34. The summed E-state index contributed by atoms with van der Waals surface area (Å²) in [5.41, 5.74) is 2.48. The highest BCUT2D eigenvalue weighted by atomic mass is 35.5. The largest absolute Gasteiger partial charge is 0.493 e. The first-order chi connectivity index (χ1) is 15.4. The van der Waals surface area contributed by atoms with Gasteiger partial charge in [0.25, 0.3) is 0 Å². The van der Waals surface area contributed by atoms with Crippen molar-refractivity contribution in [3.63, 3.8) is 0 Å². The molecule has 2 aromatic carbocycles. The van der Waals surface area contributed by atoms with Gasteiger partial charge in [-0.1, -0.05) is 41.0 Å². The Morgan fingerprint density at radius 2 is 1.78 bits per heavy atom. The van der Waals surface area contributed by atoms with E-state index >= 15 is 0 Å². The molecule has 32 heavy (non-hydrogen) atoms. The lowest BCUT2D eigenvalue weighted by Gasteiger charge is -2.40. The highest BCUT2D eigenvalue weighted by molar-refractivity contribution is 6.31. The number of oxime groups is 1. The van der Waals surface area contributed by atoms with E-state index in [9.17, 15) is 15.3 Å². The van der Waals surface area contributed by atoms with E-state index in [1.54, 1.807) is 18.3 Å². The SMILES string of the molecule is CON=CCCOc1ccc(Cc2cc(C3OC(OC)C(O)C(O)C3O)ccc2Cl)cc1. The maximum absolute atomic E-state index is 10.4. The smallest absolute Gasteiger partial charge is 0.186 e. The van der Waals surface area contributed by atoms with E-state index in [-0.39, 0.29) is 0 Å². The summed E-state index contributed by atoms with van der Waals surface area (Å²) in [7, 11) is 2.86. The Hall–Kier alpha value is -2.20. The Labute approximate surface area is 191 Å². The first-order valence-corrected chi connectivity index (χ1v) is 10.6. The number of ether oxygens (including phenoxy) is 3. The maximum atomic E-state index is 10.4. The first-order valence-electron chi connectivity index (χ1n) is 10.2. The Morgan fingerprint density at radius 1 is 1.03 bits per heavy atom. The van der Waals surface area contributed by atoms with E-state index in [4.69, 9.17) is 25.8 Å². The van der Waals surface area contributed by atoms with E-state index in [2.05, 4.69) is 9.99 Å². The normalized spacial score (nSPS) is 25.8. The van der Waals surface area contributed by atoms with Gasteiger partial charge < -0.3 is 34.4 Å². The minimum absolute atomic E-state index is 0.493. The topological polar surface area (TPSA) is 110 Å². The van der Waals surface area contributed by atoms with Crippen LogP contribution in [0.1, 0.15) is 29.2 Å². The van der Waals surface area contributed by atoms with Gasteiger partial charge >= 0.3 is 0 Å². The lowest BCUT2D eigenvalue weighted by molar-refractivity contribution is -0.292. The van der Waals surface area contributed by atoms with Gasteiger partial charge in [0.1, 0.15) is 37.3 Å². The van der Waals surface area contributed by atoms with E-state index < -0.39 is 30.7 Å². The van der Waals surface area contributed by atoms with Gasteiger partial charge in [-0.05, 0) is 41.3 Å². The zero-order valence-corrected chi connectivity index (χ0v) is 18.7. The number of halogens is 1. The van der Waals surface area contributed by atoms with E-state index in [0.29, 0.717) is 30.0 Å². The number of benzene rings is 2. The van der Waals surface area contributed by atoms with E-state index in [1.165, 1.54) is 14.2 Å². The van der Waals surface area contributed by atoms with Crippen LogP contribution >= 0.6 is 11.6 Å². The summed E-state index contributed by atoms with van der Waals surface area (Å²) < 4.78 is 16.4. The Balaban J connectivity index is 1.69. The van der Waals surface area contributed by atoms with Gasteiger partial charge in [0.2, 0.25) is 0 Å². The molecule has 5 unspecified atom stereocenters. The van der Waals surface area contributed by atoms with Gasteiger partial charge in [0.05, 0.1) is 6.61 Å². The predicted octanol–water partition coefficient (Wildman–Crippen LogP) is 2.46. The third kappa shape index (κ3) is 5.98. The molecule has 0 bridgehead atoms. The molecule has 0 spiro atoms. The summed E-state index contributed by atoms with van der Waals surface area (Å²) in [4.78, 5) is 4.60. The van der Waals surface area contributed by atoms with Gasteiger partial charge in [0.15, 0.2) is 6.29 Å². The van der Waals surface area contributed by atoms with Crippen molar-refractivity contribution in [1.82, 2.24) is 0 Å². The summed E-state index contributed by atoms with van der Waals surface area (Å²) >= 11 is 6.41. The van der Waals surface area contributed by atoms with Gasteiger partial charge in [-0.3, -0.25) is 0 Å². The van der Waals surface area contributed by atoms with Crippen molar-refractivity contribution in [1.29, 1.82) is 0 Å². The third-order valence-electron chi connectivity index (χ3n) is 5.21. The fourth-order valence-electron chi connectivity index (χ4n) is 3.51. The van der Waals surface area contributed by atoms with Crippen LogP contribution in [0.15, 0.2) is 47.6 Å². The molecule has 1 saturated heterocycles. The van der Waals surface area contributed by atoms with Crippen LogP contribution < -0.4 is 4.74 Å². The average Bonchev–Trinajstić information content (AvgIpc) is 2.80. The van der Waals surface area contributed by atoms with Crippen molar-refractivity contribution in [2.45, 2.75) is 43.5 Å². The van der Waals surface area contributed by atoms with Gasteiger partial charge in [-0.25, -0.2) is 0 Å². The second kappa shape index (κ2) is 11.6. The summed E-state index contributed by atoms with van der Waals surface area (Å²) in [6.45, 7) is 0.493. The van der Waals surface area contributed by atoms with Gasteiger partial charge in [0, 0.05) is 24.8 Å². The van der Waals surface area contributed by atoms with Crippen molar-refractivity contribution < 1.29 is 34.4 Å². The van der Waals surface area contributed by atoms with Crippen LogP contribution in [0.3, 0.4) is 0 Å². The van der Waals surface area contributed by atoms with Crippen LogP contribution in [0.5, 0.6) is 5.75 Å². The Morgan fingerprint density at radius 3 is 2.47 bits per heavy atom. The van der Waals surface area contributed by atoms with Gasteiger partial charge in [-0.15, -0.1) is 0 Å². The van der Waals surface area contributed by atoms with Crippen LogP contribution in [-0.2, 0) is 20.7 Å². The fourth-order valence-corrected chi connectivity index (χ4v) is 3.69. The molecule has 2 aromatic rings. The molecule has 9 heteroatoms. The lowest BCUT2D eigenvalue weighted by Crippen LogP contribution is -2.54. The number of methoxy groups -OCH3 is 1. The molecule has 1 aliphatic rings. The minimum atomic E-state index is -1.40. The van der Waals surface area contributed by atoms with Crippen LogP contribution in [0.2, 0.25) is 5.02 Å². The van der Waals surface area contributed by atoms with Crippen LogP contribution in [0, 0.1) is 0 Å². The molecule has 174 valence electrons. The molecule has 1 aliphatic heterocycles. The Bertz CT molecular complexity index is 890. The highest BCUT2D eigenvalue weighted by Gasteiger charge is 2.44. The summed E-state index contributed by atoms with van der Waals surface area (Å²) in [5.74, 6) is 0.747. The molecule has 8 nitrogen and oxygen atoms in total. The second-order valence-electron chi connectivity index (χ2n) is 7.41. The van der Waals surface area contributed by atoms with Crippen LogP contribution in [0.4, 0.5) is 0 Å². The molecule has 0 aromatic heterocycles. The number of rotatable bonds is 9. The predicted molar refractivity (Wildman–Crippen MR) is 119 cm³/mol. The molecule has 5 atom stereocenters. The summed E-state index contributed by atoms with van der Waals surface area (Å²) in [6.07, 6.45) is -3.13. The lowest BCUT2D eigenvalue weighted by atomic mass is 9.92. The summed E-state index contributed by atoms with van der Waals surface area (Å²) in [5, 5.41) is 34.8. The fraction of sp³-hybridized carbons (Fsp3) is 0.435. The number of hydrogen-bond acceptors (Lipinski definition) is 8. The molecule has 3 N–H and O–H groups in total. The molecular weight excluding hydrogens is 438 g/mol. The number of nitrogens with zero attached hydrogens (tertiary/aromatic N) is 1. The zero-order chi connectivity index (χ0) is 23.1. The average molecular weight is 466 g/mol. The van der Waals surface area contributed by atoms with Crippen molar-refractivity contribution in [3.8, 4) is 5.75 Å². The van der Waals surface area contributed by atoms with Crippen molar-refractivity contribution in [2.24, 2.45) is 5.16 Å². The Kier molecular flexibility index (Phi) is 8.86. The van der Waals surface area contributed by atoms with Crippen LogP contribution in [-0.4, -0.2) is 67.0 Å². The first kappa shape index (κ1) is 24.4. The number of hydrogen-bond donors (Lipinski definition) is 3. The van der Waals surface area contributed by atoms with E-state index in [0.717, 1.165) is 16.9 Å². The number of aliphatic hydroxyl groups is 3. The molecule has 1 fully saturated rings. The quantitative estimate of drug-likeness (QED) is 0.296. The monoisotopic (exact) mass is 465 g/mol. The third-order valence-corrected chi connectivity index (χ3v) is 5.58. The van der Waals surface area contributed by atoms with Crippen molar-refractivity contribution in [3.05, 3.63) is 64.2 Å². The molecule has 1 heterocycles. The molecule has 0 aliphatic carbocycles. The van der Waals surface area contributed by atoms with Crippen molar-refractivity contribution >= 4 is 17.8 Å². The minimum Gasteiger partial charge on any atom is -0.493 e. The van der Waals surface area contributed by atoms with Crippen molar-refractivity contribution in [2.75, 3.05) is 20.8 Å². The summed E-state index contributed by atoms with van der Waals surface area (Å²) in [6, 6.07) is 12.9. The molecule has 0 radical (unpaired) electrons. The molecule has 0 saturated carbocycles. The second-order valence-corrected chi connectivity index (χ2v) is 7.82. The zero-order valence-electron chi connectivity index (χ0n) is 17.9. The molecular formula is C23H28ClNO7. The standard InChI is InChI=1S/C23H28ClNO7/c1-29-23-21(28)19(26)20(27)22(32-23)15-6-9-18(24)16(13-15)12-14-4-7-17(8-5-14)31-11-3-10-25-30-2/h4-10,13,19-23,26-28H,3,11-12H2,1-2H3. The maximum Gasteiger partial charge on any atom is 0.186 e. The van der Waals surface area contributed by atoms with E-state index in [1.807, 2.05) is 30.3 Å². The number of aliphatic hydroxyl groups excluding tert-OH is 3. The van der Waals surface area contributed by atoms with Gasteiger partial charge in [-0.2, -0.15) is 0 Å². The molecule has 0 amide bonds. The van der Waals surface area contributed by atoms with Crippen LogP contribution in [0.25, 0.3) is 0 Å². The molecule has 3 rings (SSSR count).